The molecule has 0 aliphatic heterocycles. The first-order valence-corrected chi connectivity index (χ1v) is 8.53. The van der Waals surface area contributed by atoms with Crippen molar-refractivity contribution in [3.63, 3.8) is 0 Å². The van der Waals surface area contributed by atoms with E-state index < -0.39 is 0 Å². The molecule has 114 valence electrons. The number of hydrogen-bond acceptors (Lipinski definition) is 4. The molecular weight excluding hydrogens is 294 g/mol. The summed E-state index contributed by atoms with van der Waals surface area (Å²) in [5, 5.41) is 4.04. The summed E-state index contributed by atoms with van der Waals surface area (Å²) in [6.07, 6.45) is 1.10. The van der Waals surface area contributed by atoms with Gasteiger partial charge in [-0.15, -0.1) is 0 Å². The van der Waals surface area contributed by atoms with Crippen molar-refractivity contribution in [2.75, 3.05) is 31.8 Å². The zero-order valence-electron chi connectivity index (χ0n) is 12.5. The number of rotatable bonds is 10. The minimum Gasteiger partial charge on any atom is -0.493 e. The molecule has 0 radical (unpaired) electrons. The zero-order chi connectivity index (χ0) is 14.8. The van der Waals surface area contributed by atoms with Gasteiger partial charge in [-0.3, -0.25) is 0 Å². The number of halogens is 1. The smallest absolute Gasteiger partial charge is 0.165 e. The van der Waals surface area contributed by atoms with E-state index in [9.17, 15) is 0 Å². The minimum absolute atomic E-state index is 0.672. The van der Waals surface area contributed by atoms with E-state index in [0.29, 0.717) is 17.4 Å². The number of ether oxygens (including phenoxy) is 2. The highest BCUT2D eigenvalue weighted by atomic mass is 35.5. The highest BCUT2D eigenvalue weighted by molar-refractivity contribution is 7.99. The average Bonchev–Trinajstić information content (AvgIpc) is 2.45. The van der Waals surface area contributed by atoms with E-state index in [1.807, 2.05) is 17.8 Å². The maximum absolute atomic E-state index is 6.13. The molecule has 0 fully saturated rings. The molecule has 0 saturated heterocycles. The normalized spacial score (nSPS) is 10.6. The second-order valence-corrected chi connectivity index (χ2v) is 6.15. The molecule has 0 aliphatic carbocycles. The lowest BCUT2D eigenvalue weighted by Gasteiger charge is -2.16. The third kappa shape index (κ3) is 5.81. The van der Waals surface area contributed by atoms with Gasteiger partial charge in [-0.05, 0) is 24.8 Å². The molecule has 1 N–H and O–H groups in total. The van der Waals surface area contributed by atoms with Crippen LogP contribution in [0.4, 0.5) is 0 Å². The molecule has 1 rings (SSSR count). The predicted molar refractivity (Wildman–Crippen MR) is 88.5 cm³/mol. The molecular formula is C15H24ClNO2S. The number of nitrogens with one attached hydrogen (secondary N) is 1. The lowest BCUT2D eigenvalue weighted by molar-refractivity contribution is 0.309. The molecule has 0 atom stereocenters. The molecule has 3 nitrogen and oxygen atoms in total. The summed E-state index contributed by atoms with van der Waals surface area (Å²) in [5.74, 6) is 3.58. The summed E-state index contributed by atoms with van der Waals surface area (Å²) in [6, 6.07) is 3.74. The van der Waals surface area contributed by atoms with Crippen molar-refractivity contribution >= 4 is 23.4 Å². The van der Waals surface area contributed by atoms with Crippen molar-refractivity contribution in [3.05, 3.63) is 22.7 Å². The summed E-state index contributed by atoms with van der Waals surface area (Å²) in [7, 11) is 1.64. The van der Waals surface area contributed by atoms with Crippen LogP contribution in [0.2, 0.25) is 5.02 Å². The first-order valence-electron chi connectivity index (χ1n) is 7.00. The van der Waals surface area contributed by atoms with Gasteiger partial charge in [-0.1, -0.05) is 25.4 Å². The second kappa shape index (κ2) is 10.2. The van der Waals surface area contributed by atoms with Crippen LogP contribution < -0.4 is 14.8 Å². The SMILES string of the molecule is CCCNCc1cc(Cl)cc(OC)c1OCCSCC. The van der Waals surface area contributed by atoms with Crippen molar-refractivity contribution in [2.24, 2.45) is 0 Å². The lowest BCUT2D eigenvalue weighted by Crippen LogP contribution is -2.15. The van der Waals surface area contributed by atoms with Gasteiger partial charge in [-0.2, -0.15) is 11.8 Å². The Morgan fingerprint density at radius 3 is 2.75 bits per heavy atom. The summed E-state index contributed by atoms with van der Waals surface area (Å²) in [5.41, 5.74) is 1.05. The van der Waals surface area contributed by atoms with Gasteiger partial charge >= 0.3 is 0 Å². The zero-order valence-corrected chi connectivity index (χ0v) is 14.1. The monoisotopic (exact) mass is 317 g/mol. The van der Waals surface area contributed by atoms with Crippen LogP contribution in [0.1, 0.15) is 25.8 Å². The molecule has 0 aromatic heterocycles. The standard InChI is InChI=1S/C15H24ClNO2S/c1-4-6-17-11-12-9-13(16)10-14(18-3)15(12)19-7-8-20-5-2/h9-10,17H,4-8,11H2,1-3H3. The summed E-state index contributed by atoms with van der Waals surface area (Å²) >= 11 is 7.99. The molecule has 0 heterocycles. The van der Waals surface area contributed by atoms with E-state index >= 15 is 0 Å². The van der Waals surface area contributed by atoms with Crippen molar-refractivity contribution in [2.45, 2.75) is 26.8 Å². The Morgan fingerprint density at radius 1 is 1.30 bits per heavy atom. The van der Waals surface area contributed by atoms with Gasteiger partial charge in [0.1, 0.15) is 0 Å². The van der Waals surface area contributed by atoms with Gasteiger partial charge in [0.15, 0.2) is 11.5 Å². The number of benzene rings is 1. The first-order chi connectivity index (χ1) is 9.72. The van der Waals surface area contributed by atoms with E-state index in [-0.39, 0.29) is 0 Å². The Labute approximate surface area is 131 Å². The molecule has 0 saturated carbocycles. The highest BCUT2D eigenvalue weighted by Crippen LogP contribution is 2.34. The fourth-order valence-electron chi connectivity index (χ4n) is 1.82. The van der Waals surface area contributed by atoms with Gasteiger partial charge in [0.2, 0.25) is 0 Å². The Balaban J connectivity index is 2.79. The summed E-state index contributed by atoms with van der Waals surface area (Å²) in [6.45, 7) is 6.68. The van der Waals surface area contributed by atoms with Crippen LogP contribution in [0.5, 0.6) is 11.5 Å². The third-order valence-electron chi connectivity index (χ3n) is 2.74. The Hall–Kier alpha value is -0.580. The maximum atomic E-state index is 6.13. The molecule has 5 heteroatoms. The molecule has 0 amide bonds. The predicted octanol–water partition coefficient (Wildman–Crippen LogP) is 3.98. The molecule has 0 bridgehead atoms. The topological polar surface area (TPSA) is 30.5 Å². The van der Waals surface area contributed by atoms with Crippen LogP contribution in [-0.4, -0.2) is 31.8 Å². The molecule has 0 spiro atoms. The largest absolute Gasteiger partial charge is 0.493 e. The lowest BCUT2D eigenvalue weighted by atomic mass is 10.1. The van der Waals surface area contributed by atoms with Crippen LogP contribution in [-0.2, 0) is 6.54 Å². The summed E-state index contributed by atoms with van der Waals surface area (Å²) in [4.78, 5) is 0. The molecule has 1 aromatic carbocycles. The third-order valence-corrected chi connectivity index (χ3v) is 3.82. The minimum atomic E-state index is 0.672. The van der Waals surface area contributed by atoms with E-state index in [1.165, 1.54) is 0 Å². The van der Waals surface area contributed by atoms with Crippen LogP contribution in [0.25, 0.3) is 0 Å². The Morgan fingerprint density at radius 2 is 2.10 bits per heavy atom. The first kappa shape index (κ1) is 17.5. The van der Waals surface area contributed by atoms with Crippen LogP contribution in [0.15, 0.2) is 12.1 Å². The van der Waals surface area contributed by atoms with Gasteiger partial charge in [0.25, 0.3) is 0 Å². The molecule has 0 unspecified atom stereocenters. The van der Waals surface area contributed by atoms with Crippen molar-refractivity contribution in [1.82, 2.24) is 5.32 Å². The number of thioether (sulfide) groups is 1. The average molecular weight is 318 g/mol. The van der Waals surface area contributed by atoms with E-state index in [2.05, 4.69) is 19.2 Å². The fraction of sp³-hybridized carbons (Fsp3) is 0.600. The Kier molecular flexibility index (Phi) is 8.90. The second-order valence-electron chi connectivity index (χ2n) is 4.32. The Bertz CT molecular complexity index is 402. The quantitative estimate of drug-likeness (QED) is 0.661. The fourth-order valence-corrected chi connectivity index (χ4v) is 2.54. The van der Waals surface area contributed by atoms with Crippen LogP contribution in [0.3, 0.4) is 0 Å². The maximum Gasteiger partial charge on any atom is 0.165 e. The van der Waals surface area contributed by atoms with Crippen molar-refractivity contribution < 1.29 is 9.47 Å². The van der Waals surface area contributed by atoms with Crippen LogP contribution >= 0.6 is 23.4 Å². The van der Waals surface area contributed by atoms with Crippen molar-refractivity contribution in [3.8, 4) is 11.5 Å². The van der Waals surface area contributed by atoms with E-state index in [4.69, 9.17) is 21.1 Å². The molecule has 1 aromatic rings. The van der Waals surface area contributed by atoms with Crippen molar-refractivity contribution in [1.29, 1.82) is 0 Å². The van der Waals surface area contributed by atoms with E-state index in [1.54, 1.807) is 13.2 Å². The number of hydrogen-bond donors (Lipinski definition) is 1. The summed E-state index contributed by atoms with van der Waals surface area (Å²) < 4.78 is 11.3. The van der Waals surface area contributed by atoms with Gasteiger partial charge in [0.05, 0.1) is 13.7 Å². The van der Waals surface area contributed by atoms with Gasteiger partial charge < -0.3 is 14.8 Å². The molecule has 20 heavy (non-hydrogen) atoms. The number of methoxy groups -OCH3 is 1. The highest BCUT2D eigenvalue weighted by Gasteiger charge is 2.12. The van der Waals surface area contributed by atoms with Crippen LogP contribution in [0, 0.1) is 0 Å². The van der Waals surface area contributed by atoms with Gasteiger partial charge in [-0.25, -0.2) is 0 Å². The van der Waals surface area contributed by atoms with Gasteiger partial charge in [0, 0.05) is 29.0 Å². The molecule has 0 aliphatic rings. The van der Waals surface area contributed by atoms with E-state index in [0.717, 1.165) is 42.3 Å².